The molecule has 0 saturated heterocycles. The number of hydrogen-bond donors (Lipinski definition) is 1. The van der Waals surface area contributed by atoms with Gasteiger partial charge in [0.15, 0.2) is 0 Å². The van der Waals surface area contributed by atoms with Crippen LogP contribution in [0.25, 0.3) is 0 Å². The van der Waals surface area contributed by atoms with Crippen molar-refractivity contribution in [3.05, 3.63) is 22.0 Å². The number of carbonyl (C=O) groups is 1. The Morgan fingerprint density at radius 1 is 1.75 bits per heavy atom. The fraction of sp³-hybridized carbons (Fsp3) is 0.400. The summed E-state index contributed by atoms with van der Waals surface area (Å²) in [6.45, 7) is 2.02. The Bertz CT molecular complexity index is 414. The number of carbonyl (C=O) groups excluding carboxylic acids is 1. The Morgan fingerprint density at radius 2 is 2.50 bits per heavy atom. The number of nitrogens with zero attached hydrogens (tertiary/aromatic N) is 1. The number of esters is 1. The van der Waals surface area contributed by atoms with Gasteiger partial charge in [0.25, 0.3) is 0 Å². The van der Waals surface area contributed by atoms with Crippen LogP contribution in [-0.2, 0) is 14.3 Å². The van der Waals surface area contributed by atoms with Crippen LogP contribution in [-0.4, -0.2) is 25.0 Å². The lowest BCUT2D eigenvalue weighted by atomic mass is 10.0. The molecule has 0 fully saturated rings. The maximum Gasteiger partial charge on any atom is 0.375 e. The van der Waals surface area contributed by atoms with Gasteiger partial charge in [-0.15, -0.1) is 0 Å². The predicted octanol–water partition coefficient (Wildman–Crippen LogP) is 1.06. The van der Waals surface area contributed by atoms with E-state index >= 15 is 0 Å². The second kappa shape index (κ2) is 4.29. The second-order valence-corrected chi connectivity index (χ2v) is 4.28. The quantitative estimate of drug-likeness (QED) is 0.770. The Morgan fingerprint density at radius 3 is 3.19 bits per heavy atom. The van der Waals surface area contributed by atoms with Gasteiger partial charge >= 0.3 is 5.97 Å². The normalized spacial score (nSPS) is 27.2. The molecule has 0 bridgehead atoms. The van der Waals surface area contributed by atoms with E-state index < -0.39 is 12.2 Å². The molecule has 0 radical (unpaired) electrons. The first kappa shape index (κ1) is 11.2. The van der Waals surface area contributed by atoms with Gasteiger partial charge in [0.2, 0.25) is 12.0 Å². The SMILES string of the molecule is CCOC(=O)C1=C(N)C2C=C(Br)C=NC2O1. The Kier molecular flexibility index (Phi) is 3.00. The van der Waals surface area contributed by atoms with Crippen molar-refractivity contribution in [1.29, 1.82) is 0 Å². The first-order chi connectivity index (χ1) is 7.63. The average molecular weight is 287 g/mol. The molecule has 2 atom stereocenters. The number of nitrogens with two attached hydrogens (primary N) is 1. The van der Waals surface area contributed by atoms with Crippen molar-refractivity contribution in [2.24, 2.45) is 16.6 Å². The average Bonchev–Trinajstić information content (AvgIpc) is 2.57. The third kappa shape index (κ3) is 1.84. The molecule has 0 aromatic rings. The summed E-state index contributed by atoms with van der Waals surface area (Å²) >= 11 is 3.30. The molecule has 0 saturated carbocycles. The van der Waals surface area contributed by atoms with Gasteiger partial charge in [-0.25, -0.2) is 9.79 Å². The molecule has 86 valence electrons. The Balaban J connectivity index is 2.23. The molecule has 0 amide bonds. The van der Waals surface area contributed by atoms with Crippen LogP contribution in [0.1, 0.15) is 6.92 Å². The molecule has 6 heteroatoms. The molecule has 2 unspecified atom stereocenters. The van der Waals surface area contributed by atoms with E-state index in [9.17, 15) is 4.79 Å². The molecule has 2 N–H and O–H groups in total. The van der Waals surface area contributed by atoms with Crippen molar-refractivity contribution in [2.75, 3.05) is 6.61 Å². The second-order valence-electron chi connectivity index (χ2n) is 3.37. The zero-order chi connectivity index (χ0) is 11.7. The van der Waals surface area contributed by atoms with Gasteiger partial charge in [0, 0.05) is 10.7 Å². The maximum atomic E-state index is 11.5. The van der Waals surface area contributed by atoms with E-state index in [0.29, 0.717) is 5.70 Å². The highest BCUT2D eigenvalue weighted by Gasteiger charge is 2.38. The number of fused-ring (bicyclic) bond motifs is 1. The molecule has 16 heavy (non-hydrogen) atoms. The van der Waals surface area contributed by atoms with E-state index in [-0.39, 0.29) is 18.3 Å². The monoisotopic (exact) mass is 286 g/mol. The molecule has 2 rings (SSSR count). The lowest BCUT2D eigenvalue weighted by Crippen LogP contribution is -2.20. The van der Waals surface area contributed by atoms with Crippen molar-refractivity contribution in [3.8, 4) is 0 Å². The van der Waals surface area contributed by atoms with E-state index in [1.807, 2.05) is 6.08 Å². The van der Waals surface area contributed by atoms with Crippen molar-refractivity contribution in [3.63, 3.8) is 0 Å². The summed E-state index contributed by atoms with van der Waals surface area (Å²) < 4.78 is 11.0. The van der Waals surface area contributed by atoms with E-state index in [2.05, 4.69) is 20.9 Å². The van der Waals surface area contributed by atoms with Crippen LogP contribution in [0.3, 0.4) is 0 Å². The third-order valence-electron chi connectivity index (χ3n) is 2.31. The fourth-order valence-corrected chi connectivity index (χ4v) is 1.99. The Labute approximate surface area is 101 Å². The standard InChI is InChI=1S/C10H11BrN2O3/c1-2-15-10(14)8-7(12)6-3-5(11)4-13-9(6)16-8/h3-4,6,9H,2,12H2,1H3. The number of halogens is 1. The summed E-state index contributed by atoms with van der Waals surface area (Å²) in [5.74, 6) is -0.652. The van der Waals surface area contributed by atoms with Crippen LogP contribution in [0, 0.1) is 5.92 Å². The lowest BCUT2D eigenvalue weighted by Gasteiger charge is -2.15. The molecule has 5 nitrogen and oxygen atoms in total. The zero-order valence-electron chi connectivity index (χ0n) is 8.64. The number of aliphatic imine (C=N–C) groups is 1. The van der Waals surface area contributed by atoms with Crippen molar-refractivity contribution in [2.45, 2.75) is 13.2 Å². The van der Waals surface area contributed by atoms with E-state index in [1.165, 1.54) is 0 Å². The largest absolute Gasteiger partial charge is 0.460 e. The summed E-state index contributed by atoms with van der Waals surface area (Å²) in [5, 5.41) is 0. The van der Waals surface area contributed by atoms with Crippen LogP contribution in [0.2, 0.25) is 0 Å². The summed E-state index contributed by atoms with van der Waals surface area (Å²) in [4.78, 5) is 15.6. The number of allylic oxidation sites excluding steroid dienone is 1. The molecular formula is C10H11BrN2O3. The maximum absolute atomic E-state index is 11.5. The molecular weight excluding hydrogens is 276 g/mol. The highest BCUT2D eigenvalue weighted by Crippen LogP contribution is 2.34. The summed E-state index contributed by atoms with van der Waals surface area (Å²) in [6.07, 6.45) is 3.04. The lowest BCUT2D eigenvalue weighted by molar-refractivity contribution is -0.143. The van der Waals surface area contributed by atoms with Crippen LogP contribution in [0.4, 0.5) is 0 Å². The van der Waals surface area contributed by atoms with Crippen LogP contribution >= 0.6 is 15.9 Å². The van der Waals surface area contributed by atoms with E-state index in [4.69, 9.17) is 15.2 Å². The number of hydrogen-bond acceptors (Lipinski definition) is 5. The smallest absolute Gasteiger partial charge is 0.375 e. The summed E-state index contributed by atoms with van der Waals surface area (Å²) in [7, 11) is 0. The highest BCUT2D eigenvalue weighted by atomic mass is 79.9. The molecule has 2 heterocycles. The fourth-order valence-electron chi connectivity index (χ4n) is 1.58. The number of ether oxygens (including phenoxy) is 2. The van der Waals surface area contributed by atoms with Gasteiger partial charge in [-0.3, -0.25) is 0 Å². The van der Waals surface area contributed by atoms with Gasteiger partial charge in [-0.2, -0.15) is 0 Å². The molecule has 0 spiro atoms. The number of dihydropyridines is 1. The van der Waals surface area contributed by atoms with Crippen LogP contribution < -0.4 is 5.73 Å². The highest BCUT2D eigenvalue weighted by molar-refractivity contribution is 9.12. The molecule has 2 aliphatic heterocycles. The van der Waals surface area contributed by atoms with Crippen LogP contribution in [0.15, 0.2) is 27.0 Å². The van der Waals surface area contributed by atoms with Crippen LogP contribution in [0.5, 0.6) is 0 Å². The molecule has 0 aliphatic carbocycles. The third-order valence-corrected chi connectivity index (χ3v) is 2.78. The predicted molar refractivity (Wildman–Crippen MR) is 61.7 cm³/mol. The first-order valence-electron chi connectivity index (χ1n) is 4.87. The van der Waals surface area contributed by atoms with E-state index in [1.54, 1.807) is 13.1 Å². The molecule has 0 aromatic heterocycles. The van der Waals surface area contributed by atoms with Gasteiger partial charge in [0.1, 0.15) is 0 Å². The van der Waals surface area contributed by atoms with Crippen molar-refractivity contribution in [1.82, 2.24) is 0 Å². The van der Waals surface area contributed by atoms with Gasteiger partial charge in [-0.1, -0.05) is 6.08 Å². The minimum atomic E-state index is -0.533. The molecule has 0 aromatic carbocycles. The minimum absolute atomic E-state index is 0.0763. The Hall–Kier alpha value is -1.30. The zero-order valence-corrected chi connectivity index (χ0v) is 10.2. The van der Waals surface area contributed by atoms with Crippen molar-refractivity contribution < 1.29 is 14.3 Å². The summed E-state index contributed by atoms with van der Waals surface area (Å²) in [6, 6.07) is 0. The summed E-state index contributed by atoms with van der Waals surface area (Å²) in [5.41, 5.74) is 6.21. The van der Waals surface area contributed by atoms with Crippen molar-refractivity contribution >= 4 is 28.1 Å². The number of rotatable bonds is 2. The first-order valence-corrected chi connectivity index (χ1v) is 5.66. The van der Waals surface area contributed by atoms with Gasteiger partial charge in [-0.05, 0) is 22.9 Å². The topological polar surface area (TPSA) is 73.9 Å². The molecule has 2 aliphatic rings. The van der Waals surface area contributed by atoms with Gasteiger partial charge < -0.3 is 15.2 Å². The van der Waals surface area contributed by atoms with Gasteiger partial charge in [0.05, 0.1) is 18.2 Å². The minimum Gasteiger partial charge on any atom is -0.460 e. The van der Waals surface area contributed by atoms with E-state index in [0.717, 1.165) is 4.48 Å².